The van der Waals surface area contributed by atoms with E-state index < -0.39 is 5.97 Å². The molecule has 1 saturated heterocycles. The van der Waals surface area contributed by atoms with E-state index in [1.165, 1.54) is 0 Å². The summed E-state index contributed by atoms with van der Waals surface area (Å²) in [7, 11) is 0. The van der Waals surface area contributed by atoms with Crippen molar-refractivity contribution in [2.75, 3.05) is 25.1 Å². The van der Waals surface area contributed by atoms with Crippen molar-refractivity contribution in [1.29, 1.82) is 0 Å². The van der Waals surface area contributed by atoms with Gasteiger partial charge in [-0.25, -0.2) is 4.79 Å². The fourth-order valence-electron chi connectivity index (χ4n) is 2.88. The molecule has 148 valence electrons. The molecule has 1 N–H and O–H groups in total. The largest absolute Gasteiger partial charge is 0.491 e. The van der Waals surface area contributed by atoms with Crippen LogP contribution in [0.3, 0.4) is 0 Å². The third-order valence-corrected chi connectivity index (χ3v) is 4.67. The van der Waals surface area contributed by atoms with E-state index in [2.05, 4.69) is 5.32 Å². The Kier molecular flexibility index (Phi) is 6.66. The van der Waals surface area contributed by atoms with Crippen LogP contribution in [0.15, 0.2) is 42.5 Å². The lowest BCUT2D eigenvalue weighted by molar-refractivity contribution is -0.119. The van der Waals surface area contributed by atoms with Gasteiger partial charge in [-0.05, 0) is 74.2 Å². The predicted octanol–water partition coefficient (Wildman–Crippen LogP) is 3.66. The second-order valence-corrected chi connectivity index (χ2v) is 6.89. The molecule has 1 atom stereocenters. The Bertz CT molecular complexity index is 825. The van der Waals surface area contributed by atoms with Crippen molar-refractivity contribution in [3.05, 3.63) is 59.2 Å². The average Bonchev–Trinajstić information content (AvgIpc) is 3.21. The maximum atomic E-state index is 12.1. The summed E-state index contributed by atoms with van der Waals surface area (Å²) in [6.45, 7) is 4.92. The SMILES string of the molecule is Cc1ccc(NC(=O)COC(=O)c2ccc(OC[C@H]3CCCO3)cc2)cc1C. The molecule has 2 aromatic carbocycles. The summed E-state index contributed by atoms with van der Waals surface area (Å²) in [5.41, 5.74) is 3.27. The van der Waals surface area contributed by atoms with Gasteiger partial charge in [0.15, 0.2) is 6.61 Å². The lowest BCUT2D eigenvalue weighted by atomic mass is 10.1. The van der Waals surface area contributed by atoms with Gasteiger partial charge in [0.1, 0.15) is 12.4 Å². The van der Waals surface area contributed by atoms with Crippen LogP contribution in [0.4, 0.5) is 5.69 Å². The first kappa shape index (κ1) is 19.9. The first-order valence-corrected chi connectivity index (χ1v) is 9.40. The monoisotopic (exact) mass is 383 g/mol. The van der Waals surface area contributed by atoms with Crippen molar-refractivity contribution in [3.63, 3.8) is 0 Å². The predicted molar refractivity (Wildman–Crippen MR) is 106 cm³/mol. The molecule has 28 heavy (non-hydrogen) atoms. The molecule has 1 aliphatic rings. The van der Waals surface area contributed by atoms with Crippen LogP contribution in [0.1, 0.15) is 34.3 Å². The fourth-order valence-corrected chi connectivity index (χ4v) is 2.88. The Morgan fingerprint density at radius 3 is 2.57 bits per heavy atom. The smallest absolute Gasteiger partial charge is 0.338 e. The van der Waals surface area contributed by atoms with Gasteiger partial charge in [0, 0.05) is 12.3 Å². The highest BCUT2D eigenvalue weighted by molar-refractivity contribution is 5.95. The second-order valence-electron chi connectivity index (χ2n) is 6.89. The molecule has 1 heterocycles. The molecule has 2 aromatic rings. The third kappa shape index (κ3) is 5.57. The van der Waals surface area contributed by atoms with Gasteiger partial charge in [0.05, 0.1) is 11.7 Å². The standard InChI is InChI=1S/C22H25NO5/c1-15-5-8-18(12-16(15)2)23-21(24)14-28-22(25)17-6-9-19(10-7-17)27-13-20-4-3-11-26-20/h5-10,12,20H,3-4,11,13-14H2,1-2H3,(H,23,24)/t20-/m1/s1. The molecule has 0 aliphatic carbocycles. The summed E-state index contributed by atoms with van der Waals surface area (Å²) < 4.78 is 16.3. The Labute approximate surface area is 164 Å². The van der Waals surface area contributed by atoms with Gasteiger partial charge in [0.2, 0.25) is 0 Å². The lowest BCUT2D eigenvalue weighted by Gasteiger charge is -2.11. The molecule has 0 saturated carbocycles. The van der Waals surface area contributed by atoms with E-state index in [0.29, 0.717) is 23.6 Å². The number of hydrogen-bond acceptors (Lipinski definition) is 5. The number of nitrogens with one attached hydrogen (secondary N) is 1. The zero-order valence-electron chi connectivity index (χ0n) is 16.2. The van der Waals surface area contributed by atoms with E-state index >= 15 is 0 Å². The minimum absolute atomic E-state index is 0.139. The summed E-state index contributed by atoms with van der Waals surface area (Å²) in [6, 6.07) is 12.3. The molecule has 0 unspecified atom stereocenters. The topological polar surface area (TPSA) is 73.9 Å². The van der Waals surface area contributed by atoms with Gasteiger partial charge in [-0.3, -0.25) is 4.79 Å². The van der Waals surface area contributed by atoms with Crippen molar-refractivity contribution in [1.82, 2.24) is 0 Å². The Balaban J connectivity index is 1.44. The number of ether oxygens (including phenoxy) is 3. The molecule has 0 radical (unpaired) electrons. The number of benzene rings is 2. The van der Waals surface area contributed by atoms with Crippen molar-refractivity contribution in [2.24, 2.45) is 0 Å². The number of amides is 1. The van der Waals surface area contributed by atoms with Crippen LogP contribution in [0, 0.1) is 13.8 Å². The van der Waals surface area contributed by atoms with E-state index in [-0.39, 0.29) is 18.6 Å². The van der Waals surface area contributed by atoms with Crippen molar-refractivity contribution in [3.8, 4) is 5.75 Å². The number of anilines is 1. The zero-order valence-corrected chi connectivity index (χ0v) is 16.2. The van der Waals surface area contributed by atoms with Crippen LogP contribution >= 0.6 is 0 Å². The summed E-state index contributed by atoms with van der Waals surface area (Å²) in [5.74, 6) is -0.270. The molecule has 6 nitrogen and oxygen atoms in total. The van der Waals surface area contributed by atoms with E-state index in [4.69, 9.17) is 14.2 Å². The van der Waals surface area contributed by atoms with Crippen LogP contribution in [0.5, 0.6) is 5.75 Å². The highest BCUT2D eigenvalue weighted by Gasteiger charge is 2.16. The summed E-state index contributed by atoms with van der Waals surface area (Å²) in [4.78, 5) is 24.1. The van der Waals surface area contributed by atoms with E-state index in [1.54, 1.807) is 24.3 Å². The number of carbonyl (C=O) groups excluding carboxylic acids is 2. The fraction of sp³-hybridized carbons (Fsp3) is 0.364. The van der Waals surface area contributed by atoms with E-state index in [1.807, 2.05) is 32.0 Å². The number of rotatable bonds is 7. The molecule has 0 aromatic heterocycles. The number of aryl methyl sites for hydroxylation is 2. The second kappa shape index (κ2) is 9.37. The van der Waals surface area contributed by atoms with Gasteiger partial charge >= 0.3 is 5.97 Å². The molecule has 6 heteroatoms. The Hall–Kier alpha value is -2.86. The summed E-state index contributed by atoms with van der Waals surface area (Å²) in [6.07, 6.45) is 2.21. The molecular formula is C22H25NO5. The number of carbonyl (C=O) groups is 2. The molecule has 1 amide bonds. The summed E-state index contributed by atoms with van der Waals surface area (Å²) in [5, 5.41) is 2.72. The lowest BCUT2D eigenvalue weighted by Crippen LogP contribution is -2.21. The quantitative estimate of drug-likeness (QED) is 0.739. The van der Waals surface area contributed by atoms with Crippen molar-refractivity contribution < 1.29 is 23.8 Å². The molecule has 0 spiro atoms. The first-order chi connectivity index (χ1) is 13.5. The minimum Gasteiger partial charge on any atom is -0.491 e. The molecular weight excluding hydrogens is 358 g/mol. The van der Waals surface area contributed by atoms with Crippen LogP contribution in [-0.2, 0) is 14.3 Å². The van der Waals surface area contributed by atoms with E-state index in [9.17, 15) is 9.59 Å². The Morgan fingerprint density at radius 2 is 1.89 bits per heavy atom. The highest BCUT2D eigenvalue weighted by Crippen LogP contribution is 2.17. The van der Waals surface area contributed by atoms with Crippen LogP contribution in [-0.4, -0.2) is 37.8 Å². The van der Waals surface area contributed by atoms with Crippen LogP contribution in [0.25, 0.3) is 0 Å². The van der Waals surface area contributed by atoms with Gasteiger partial charge < -0.3 is 19.5 Å². The van der Waals surface area contributed by atoms with Crippen LogP contribution in [0.2, 0.25) is 0 Å². The van der Waals surface area contributed by atoms with Crippen molar-refractivity contribution >= 4 is 17.6 Å². The summed E-state index contributed by atoms with van der Waals surface area (Å²) >= 11 is 0. The van der Waals surface area contributed by atoms with Gasteiger partial charge in [-0.2, -0.15) is 0 Å². The Morgan fingerprint density at radius 1 is 1.11 bits per heavy atom. The van der Waals surface area contributed by atoms with Gasteiger partial charge in [0.25, 0.3) is 5.91 Å². The third-order valence-electron chi connectivity index (χ3n) is 4.67. The maximum absolute atomic E-state index is 12.1. The number of hydrogen-bond donors (Lipinski definition) is 1. The van der Waals surface area contributed by atoms with Crippen LogP contribution < -0.4 is 10.1 Å². The van der Waals surface area contributed by atoms with Crippen molar-refractivity contribution in [2.45, 2.75) is 32.8 Å². The molecule has 0 bridgehead atoms. The molecule has 1 aliphatic heterocycles. The highest BCUT2D eigenvalue weighted by atomic mass is 16.5. The maximum Gasteiger partial charge on any atom is 0.338 e. The zero-order chi connectivity index (χ0) is 19.9. The normalized spacial score (nSPS) is 15.9. The van der Waals surface area contributed by atoms with Gasteiger partial charge in [-0.15, -0.1) is 0 Å². The average molecular weight is 383 g/mol. The number of esters is 1. The van der Waals surface area contributed by atoms with Gasteiger partial charge in [-0.1, -0.05) is 6.07 Å². The minimum atomic E-state index is -0.555. The van der Waals surface area contributed by atoms with E-state index in [0.717, 1.165) is 30.6 Å². The molecule has 1 fully saturated rings. The first-order valence-electron chi connectivity index (χ1n) is 9.40. The molecule has 3 rings (SSSR count).